The van der Waals surface area contributed by atoms with E-state index in [0.717, 1.165) is 16.1 Å². The van der Waals surface area contributed by atoms with Gasteiger partial charge in [-0.1, -0.05) is 6.07 Å². The molecule has 0 aliphatic carbocycles. The molecule has 3 N–H and O–H groups in total. The van der Waals surface area contributed by atoms with Gasteiger partial charge in [0.05, 0.1) is 5.75 Å². The molecule has 0 atom stereocenters. The molecule has 0 aliphatic rings. The third kappa shape index (κ3) is 3.12. The molecule has 0 fully saturated rings. The number of hydrogen-bond acceptors (Lipinski definition) is 4. The van der Waals surface area contributed by atoms with Gasteiger partial charge in [-0.25, -0.2) is 4.79 Å². The van der Waals surface area contributed by atoms with Crippen LogP contribution in [-0.4, -0.2) is 11.1 Å². The van der Waals surface area contributed by atoms with E-state index in [1.165, 1.54) is 11.8 Å². The van der Waals surface area contributed by atoms with E-state index in [1.807, 2.05) is 25.1 Å². The average molecular weight is 277 g/mol. The fourth-order valence-corrected chi connectivity index (χ4v) is 2.69. The lowest BCUT2D eigenvalue weighted by atomic mass is 10.2. The Balaban J connectivity index is 2.12. The van der Waals surface area contributed by atoms with Crippen LogP contribution in [0.1, 0.15) is 27.4 Å². The second kappa shape index (κ2) is 5.40. The number of furan rings is 1. The van der Waals surface area contributed by atoms with Gasteiger partial charge >= 0.3 is 5.97 Å². The van der Waals surface area contributed by atoms with E-state index in [1.54, 1.807) is 13.0 Å². The standard InChI is InChI=1S/C14H15NO3S/c1-8-3-4-11(15)12(5-8)19-7-10-6-9(2)13(18-10)14(16)17/h3-6H,7,15H2,1-2H3,(H,16,17). The molecule has 2 rings (SSSR count). The maximum Gasteiger partial charge on any atom is 0.372 e. The fraction of sp³-hybridized carbons (Fsp3) is 0.214. The van der Waals surface area contributed by atoms with Gasteiger partial charge in [-0.2, -0.15) is 0 Å². The molecule has 0 aliphatic heterocycles. The zero-order valence-electron chi connectivity index (χ0n) is 10.8. The number of aromatic carboxylic acids is 1. The van der Waals surface area contributed by atoms with Crippen molar-refractivity contribution >= 4 is 23.4 Å². The van der Waals surface area contributed by atoms with Crippen LogP contribution in [0.5, 0.6) is 0 Å². The van der Waals surface area contributed by atoms with E-state index >= 15 is 0 Å². The van der Waals surface area contributed by atoms with E-state index < -0.39 is 5.97 Å². The number of benzene rings is 1. The minimum absolute atomic E-state index is 0.00724. The zero-order chi connectivity index (χ0) is 14.0. The molecular formula is C14H15NO3S. The number of hydrogen-bond donors (Lipinski definition) is 2. The van der Waals surface area contributed by atoms with Gasteiger partial charge in [0.15, 0.2) is 0 Å². The van der Waals surface area contributed by atoms with Gasteiger partial charge in [0.2, 0.25) is 5.76 Å². The summed E-state index contributed by atoms with van der Waals surface area (Å²) in [5.41, 5.74) is 8.39. The van der Waals surface area contributed by atoms with Crippen LogP contribution in [-0.2, 0) is 5.75 Å². The predicted octanol–water partition coefficient (Wildman–Crippen LogP) is 3.47. The Bertz CT molecular complexity index is 619. The summed E-state index contributed by atoms with van der Waals surface area (Å²) in [6.45, 7) is 3.73. The summed E-state index contributed by atoms with van der Waals surface area (Å²) in [6, 6.07) is 7.59. The Hall–Kier alpha value is -1.88. The molecule has 5 heteroatoms. The first kappa shape index (κ1) is 13.5. The number of anilines is 1. The van der Waals surface area contributed by atoms with Gasteiger partial charge in [0, 0.05) is 16.1 Å². The van der Waals surface area contributed by atoms with Crippen LogP contribution >= 0.6 is 11.8 Å². The minimum atomic E-state index is -1.04. The van der Waals surface area contributed by atoms with Crippen molar-refractivity contribution in [3.63, 3.8) is 0 Å². The second-order valence-corrected chi connectivity index (χ2v) is 5.38. The third-order valence-corrected chi connectivity index (χ3v) is 3.80. The monoisotopic (exact) mass is 277 g/mol. The number of carbonyl (C=O) groups is 1. The van der Waals surface area contributed by atoms with Gasteiger partial charge in [-0.15, -0.1) is 11.8 Å². The first-order chi connectivity index (χ1) is 8.97. The van der Waals surface area contributed by atoms with Crippen molar-refractivity contribution in [2.75, 3.05) is 5.73 Å². The smallest absolute Gasteiger partial charge is 0.372 e. The molecule has 1 heterocycles. The Morgan fingerprint density at radius 1 is 1.37 bits per heavy atom. The first-order valence-corrected chi connectivity index (χ1v) is 6.77. The van der Waals surface area contributed by atoms with E-state index in [9.17, 15) is 4.79 Å². The van der Waals surface area contributed by atoms with E-state index in [-0.39, 0.29) is 5.76 Å². The number of rotatable bonds is 4. The van der Waals surface area contributed by atoms with Gasteiger partial charge in [-0.05, 0) is 37.6 Å². The summed E-state index contributed by atoms with van der Waals surface area (Å²) < 4.78 is 5.31. The average Bonchev–Trinajstić information content (AvgIpc) is 2.72. The summed E-state index contributed by atoms with van der Waals surface area (Å²) in [6.07, 6.45) is 0. The van der Waals surface area contributed by atoms with Gasteiger partial charge in [0.1, 0.15) is 5.76 Å². The molecule has 1 aromatic carbocycles. The molecule has 0 spiro atoms. The zero-order valence-corrected chi connectivity index (χ0v) is 11.6. The van der Waals surface area contributed by atoms with Crippen molar-refractivity contribution in [2.24, 2.45) is 0 Å². The van der Waals surface area contributed by atoms with Crippen molar-refractivity contribution in [3.05, 3.63) is 46.9 Å². The van der Waals surface area contributed by atoms with Crippen molar-refractivity contribution in [1.82, 2.24) is 0 Å². The Morgan fingerprint density at radius 2 is 2.11 bits per heavy atom. The number of aryl methyl sites for hydroxylation is 2. The van der Waals surface area contributed by atoms with Crippen LogP contribution < -0.4 is 5.73 Å². The molecule has 0 bridgehead atoms. The molecule has 0 saturated carbocycles. The SMILES string of the molecule is Cc1ccc(N)c(SCc2cc(C)c(C(=O)O)o2)c1. The van der Waals surface area contributed by atoms with Crippen molar-refractivity contribution in [3.8, 4) is 0 Å². The summed E-state index contributed by atoms with van der Waals surface area (Å²) >= 11 is 1.54. The lowest BCUT2D eigenvalue weighted by molar-refractivity contribution is 0.0659. The quantitative estimate of drug-likeness (QED) is 0.661. The first-order valence-electron chi connectivity index (χ1n) is 5.79. The lowest BCUT2D eigenvalue weighted by Crippen LogP contribution is -1.95. The van der Waals surface area contributed by atoms with Crippen LogP contribution in [0.3, 0.4) is 0 Å². The Labute approximate surface area is 115 Å². The van der Waals surface area contributed by atoms with Crippen molar-refractivity contribution in [2.45, 2.75) is 24.5 Å². The maximum atomic E-state index is 10.9. The summed E-state index contributed by atoms with van der Waals surface area (Å²) in [7, 11) is 0. The molecule has 0 radical (unpaired) electrons. The van der Waals surface area contributed by atoms with Crippen LogP contribution in [0.4, 0.5) is 5.69 Å². The molecular weight excluding hydrogens is 262 g/mol. The molecule has 0 amide bonds. The van der Waals surface area contributed by atoms with Crippen LogP contribution in [0.15, 0.2) is 33.6 Å². The molecule has 1 aromatic heterocycles. The maximum absolute atomic E-state index is 10.9. The molecule has 0 unspecified atom stereocenters. The highest BCUT2D eigenvalue weighted by Crippen LogP contribution is 2.30. The Kier molecular flexibility index (Phi) is 3.85. The van der Waals surface area contributed by atoms with Crippen molar-refractivity contribution in [1.29, 1.82) is 0 Å². The Morgan fingerprint density at radius 3 is 2.74 bits per heavy atom. The molecule has 2 aromatic rings. The highest BCUT2D eigenvalue weighted by Gasteiger charge is 2.14. The largest absolute Gasteiger partial charge is 0.475 e. The molecule has 0 saturated heterocycles. The van der Waals surface area contributed by atoms with E-state index in [0.29, 0.717) is 17.1 Å². The second-order valence-electron chi connectivity index (χ2n) is 4.36. The minimum Gasteiger partial charge on any atom is -0.475 e. The van der Waals surface area contributed by atoms with Gasteiger partial charge in [-0.3, -0.25) is 0 Å². The lowest BCUT2D eigenvalue weighted by Gasteiger charge is -2.05. The number of carboxylic acids is 1. The highest BCUT2D eigenvalue weighted by molar-refractivity contribution is 7.98. The van der Waals surface area contributed by atoms with Gasteiger partial charge in [0.25, 0.3) is 0 Å². The van der Waals surface area contributed by atoms with Gasteiger partial charge < -0.3 is 15.3 Å². The third-order valence-electron chi connectivity index (χ3n) is 2.70. The molecule has 19 heavy (non-hydrogen) atoms. The fourth-order valence-electron chi connectivity index (χ4n) is 1.75. The van der Waals surface area contributed by atoms with Crippen LogP contribution in [0.2, 0.25) is 0 Å². The number of nitrogens with two attached hydrogens (primary N) is 1. The van der Waals surface area contributed by atoms with E-state index in [4.69, 9.17) is 15.3 Å². The predicted molar refractivity (Wildman–Crippen MR) is 75.6 cm³/mol. The number of nitrogen functional groups attached to an aromatic ring is 1. The van der Waals surface area contributed by atoms with Crippen LogP contribution in [0.25, 0.3) is 0 Å². The number of thioether (sulfide) groups is 1. The molecule has 4 nitrogen and oxygen atoms in total. The number of carboxylic acid groups (broad SMARTS) is 1. The van der Waals surface area contributed by atoms with Crippen molar-refractivity contribution < 1.29 is 14.3 Å². The summed E-state index contributed by atoms with van der Waals surface area (Å²) in [4.78, 5) is 11.9. The summed E-state index contributed by atoms with van der Waals surface area (Å²) in [5, 5.41) is 8.92. The molecule has 100 valence electrons. The van der Waals surface area contributed by atoms with E-state index in [2.05, 4.69) is 0 Å². The van der Waals surface area contributed by atoms with Crippen LogP contribution in [0, 0.1) is 13.8 Å². The summed E-state index contributed by atoms with van der Waals surface area (Å²) in [5.74, 6) is 0.166. The topological polar surface area (TPSA) is 76.5 Å². The highest BCUT2D eigenvalue weighted by atomic mass is 32.2. The normalized spacial score (nSPS) is 10.6.